The molecule has 6 N–H and O–H groups in total. The van der Waals surface area contributed by atoms with Crippen LogP contribution in [0.3, 0.4) is 0 Å². The van der Waals surface area contributed by atoms with E-state index in [0.717, 1.165) is 44.9 Å². The summed E-state index contributed by atoms with van der Waals surface area (Å²) in [7, 11) is 0. The SMILES string of the molecule is CCCCCCCC(CC(=O)O)OC(=O)CC(CCCCC)O[C@@H]1O[C@@H](C)[C@H](O)[C@@H](O)[C@H]1O[C@@H]1O[C@@H](C)[C@H](O)[C@@H](O)[C@H]1O. The lowest BCUT2D eigenvalue weighted by Gasteiger charge is -2.46. The van der Waals surface area contributed by atoms with Crippen LogP contribution in [0.5, 0.6) is 0 Å². The molecule has 252 valence electrons. The molecule has 0 amide bonds. The van der Waals surface area contributed by atoms with Gasteiger partial charge in [-0.1, -0.05) is 58.8 Å². The molecule has 0 aromatic rings. The van der Waals surface area contributed by atoms with E-state index in [0.29, 0.717) is 19.3 Å². The number of unbranched alkanes of at least 4 members (excludes halogenated alkanes) is 6. The predicted molar refractivity (Wildman–Crippen MR) is 153 cm³/mol. The number of hydrogen-bond donors (Lipinski definition) is 6. The summed E-state index contributed by atoms with van der Waals surface area (Å²) >= 11 is 0. The minimum Gasteiger partial charge on any atom is -0.481 e. The van der Waals surface area contributed by atoms with E-state index in [2.05, 4.69) is 6.92 Å². The monoisotopic (exact) mass is 622 g/mol. The van der Waals surface area contributed by atoms with Gasteiger partial charge < -0.3 is 54.3 Å². The van der Waals surface area contributed by atoms with Gasteiger partial charge in [-0.05, 0) is 33.1 Å². The third-order valence-electron chi connectivity index (χ3n) is 8.06. The average Bonchev–Trinajstić information content (AvgIpc) is 2.94. The Kier molecular flexibility index (Phi) is 16.8. The molecule has 12 atom stereocenters. The molecule has 2 rings (SSSR count). The molecule has 0 aromatic heterocycles. The summed E-state index contributed by atoms with van der Waals surface area (Å²) in [6.45, 7) is 7.14. The van der Waals surface area contributed by atoms with E-state index < -0.39 is 85.6 Å². The number of carbonyl (C=O) groups excluding carboxylic acids is 1. The Balaban J connectivity index is 2.14. The molecule has 0 saturated carbocycles. The summed E-state index contributed by atoms with van der Waals surface area (Å²) in [6.07, 6.45) is -7.34. The van der Waals surface area contributed by atoms with Crippen molar-refractivity contribution >= 4 is 11.9 Å². The van der Waals surface area contributed by atoms with Crippen LogP contribution in [-0.4, -0.2) is 116 Å². The zero-order valence-corrected chi connectivity index (χ0v) is 26.0. The lowest BCUT2D eigenvalue weighted by Crippen LogP contribution is -2.63. The Morgan fingerprint density at radius 1 is 0.674 bits per heavy atom. The largest absolute Gasteiger partial charge is 0.481 e. The van der Waals surface area contributed by atoms with Crippen molar-refractivity contribution < 1.29 is 63.9 Å². The van der Waals surface area contributed by atoms with Gasteiger partial charge in [0.1, 0.15) is 42.7 Å². The normalized spacial score (nSPS) is 34.4. The lowest BCUT2D eigenvalue weighted by atomic mass is 9.97. The van der Waals surface area contributed by atoms with Crippen molar-refractivity contribution in [1.29, 1.82) is 0 Å². The van der Waals surface area contributed by atoms with Gasteiger partial charge in [-0.2, -0.15) is 0 Å². The van der Waals surface area contributed by atoms with E-state index in [1.54, 1.807) is 0 Å². The number of aliphatic hydroxyl groups is 5. The lowest BCUT2D eigenvalue weighted by molar-refractivity contribution is -0.366. The van der Waals surface area contributed by atoms with E-state index in [1.165, 1.54) is 13.8 Å². The Labute approximate surface area is 254 Å². The number of ether oxygens (including phenoxy) is 5. The summed E-state index contributed by atoms with van der Waals surface area (Å²) in [5.74, 6) is -1.68. The van der Waals surface area contributed by atoms with E-state index in [4.69, 9.17) is 23.7 Å². The molecule has 0 aromatic carbocycles. The Hall–Kier alpha value is -1.42. The fraction of sp³-hybridized carbons (Fsp3) is 0.933. The van der Waals surface area contributed by atoms with Crippen molar-refractivity contribution in [2.24, 2.45) is 0 Å². The van der Waals surface area contributed by atoms with Gasteiger partial charge in [-0.3, -0.25) is 9.59 Å². The van der Waals surface area contributed by atoms with Crippen LogP contribution in [0.15, 0.2) is 0 Å². The molecule has 13 heteroatoms. The number of aliphatic carboxylic acids is 1. The van der Waals surface area contributed by atoms with Crippen molar-refractivity contribution in [3.8, 4) is 0 Å². The van der Waals surface area contributed by atoms with Gasteiger partial charge in [0.2, 0.25) is 0 Å². The zero-order valence-electron chi connectivity index (χ0n) is 26.0. The number of aliphatic hydroxyl groups excluding tert-OH is 5. The average molecular weight is 623 g/mol. The molecule has 43 heavy (non-hydrogen) atoms. The highest BCUT2D eigenvalue weighted by Crippen LogP contribution is 2.31. The molecule has 2 saturated heterocycles. The Bertz CT molecular complexity index is 813. The second kappa shape index (κ2) is 19.2. The number of esters is 1. The quantitative estimate of drug-likeness (QED) is 0.0900. The molecule has 0 radical (unpaired) electrons. The van der Waals surface area contributed by atoms with Crippen molar-refractivity contribution in [1.82, 2.24) is 0 Å². The summed E-state index contributed by atoms with van der Waals surface area (Å²) < 4.78 is 28.9. The fourth-order valence-electron chi connectivity index (χ4n) is 5.36. The minimum absolute atomic E-state index is 0.209. The molecule has 2 aliphatic rings. The molecule has 2 heterocycles. The van der Waals surface area contributed by atoms with Crippen LogP contribution in [0.1, 0.15) is 105 Å². The number of hydrogen-bond acceptors (Lipinski definition) is 12. The molecule has 0 bridgehead atoms. The van der Waals surface area contributed by atoms with E-state index in [-0.39, 0.29) is 12.8 Å². The molecule has 0 spiro atoms. The molecular formula is C30H54O13. The third kappa shape index (κ3) is 12.1. The number of carboxylic acid groups (broad SMARTS) is 1. The highest BCUT2D eigenvalue weighted by Gasteiger charge is 2.50. The van der Waals surface area contributed by atoms with E-state index in [1.807, 2.05) is 6.92 Å². The van der Waals surface area contributed by atoms with Crippen molar-refractivity contribution in [3.05, 3.63) is 0 Å². The van der Waals surface area contributed by atoms with Gasteiger partial charge in [0.15, 0.2) is 12.6 Å². The smallest absolute Gasteiger partial charge is 0.308 e. The van der Waals surface area contributed by atoms with Crippen molar-refractivity contribution in [3.63, 3.8) is 0 Å². The zero-order chi connectivity index (χ0) is 32.1. The molecule has 13 nitrogen and oxygen atoms in total. The first-order valence-corrected chi connectivity index (χ1v) is 15.8. The standard InChI is InChI=1S/C30H54O13/c1-5-7-9-10-12-14-19(15-21(31)32)41-22(33)16-20(13-11-8-6-2)42-30-28(26(37)24(35)18(4)40-30)43-29-27(38)25(36)23(34)17(3)39-29/h17-20,23-30,34-38H,5-16H2,1-4H3,(H,31,32)/t17-,18-,19?,20?,23-,24-,25+,26+,27+,28+,29-,30-/m0/s1. The van der Waals surface area contributed by atoms with Gasteiger partial charge in [-0.15, -0.1) is 0 Å². The van der Waals surface area contributed by atoms with Crippen LogP contribution in [0.25, 0.3) is 0 Å². The maximum absolute atomic E-state index is 13.0. The highest BCUT2D eigenvalue weighted by molar-refractivity contribution is 5.72. The molecule has 2 unspecified atom stereocenters. The van der Waals surface area contributed by atoms with Crippen LogP contribution < -0.4 is 0 Å². The first kappa shape index (κ1) is 37.8. The number of carbonyl (C=O) groups is 2. The number of rotatable bonds is 19. The summed E-state index contributed by atoms with van der Waals surface area (Å²) in [5.41, 5.74) is 0. The topological polar surface area (TPSA) is 202 Å². The molecule has 0 aliphatic carbocycles. The van der Waals surface area contributed by atoms with Gasteiger partial charge in [0.25, 0.3) is 0 Å². The Morgan fingerprint density at radius 3 is 1.84 bits per heavy atom. The van der Waals surface area contributed by atoms with E-state index in [9.17, 15) is 40.2 Å². The van der Waals surface area contributed by atoms with Gasteiger partial charge >= 0.3 is 11.9 Å². The van der Waals surface area contributed by atoms with Gasteiger partial charge in [-0.25, -0.2) is 0 Å². The Morgan fingerprint density at radius 2 is 1.21 bits per heavy atom. The van der Waals surface area contributed by atoms with Crippen LogP contribution in [0.2, 0.25) is 0 Å². The second-order valence-corrected chi connectivity index (χ2v) is 11.8. The third-order valence-corrected chi connectivity index (χ3v) is 8.06. The van der Waals surface area contributed by atoms with Crippen molar-refractivity contribution in [2.75, 3.05) is 0 Å². The maximum atomic E-state index is 13.0. The van der Waals surface area contributed by atoms with Crippen LogP contribution in [-0.2, 0) is 33.3 Å². The minimum atomic E-state index is -1.67. The second-order valence-electron chi connectivity index (χ2n) is 11.8. The summed E-state index contributed by atoms with van der Waals surface area (Å²) in [5, 5.41) is 61.4. The maximum Gasteiger partial charge on any atom is 0.308 e. The number of carboxylic acids is 1. The van der Waals surface area contributed by atoms with Gasteiger partial charge in [0, 0.05) is 0 Å². The van der Waals surface area contributed by atoms with Crippen LogP contribution in [0, 0.1) is 0 Å². The van der Waals surface area contributed by atoms with Gasteiger partial charge in [0.05, 0.1) is 31.2 Å². The van der Waals surface area contributed by atoms with Crippen LogP contribution >= 0.6 is 0 Å². The van der Waals surface area contributed by atoms with E-state index >= 15 is 0 Å². The summed E-state index contributed by atoms with van der Waals surface area (Å²) in [4.78, 5) is 24.4. The highest BCUT2D eigenvalue weighted by atomic mass is 16.8. The molecule has 2 fully saturated rings. The summed E-state index contributed by atoms with van der Waals surface area (Å²) in [6, 6.07) is 0. The molecular weight excluding hydrogens is 568 g/mol. The first-order chi connectivity index (χ1) is 20.4. The van der Waals surface area contributed by atoms with Crippen molar-refractivity contribution in [2.45, 2.75) is 178 Å². The molecule has 2 aliphatic heterocycles. The first-order valence-electron chi connectivity index (χ1n) is 15.8. The van der Waals surface area contributed by atoms with Crippen LogP contribution in [0.4, 0.5) is 0 Å². The predicted octanol–water partition coefficient (Wildman–Crippen LogP) is 1.77. The fourth-order valence-corrected chi connectivity index (χ4v) is 5.36.